The predicted molar refractivity (Wildman–Crippen MR) is 15.3 cm³/mol. The third-order valence-electron chi connectivity index (χ3n) is 0. The van der Waals surface area contributed by atoms with Gasteiger partial charge in [0.15, 0.2) is 17.4 Å². The minimum absolute atomic E-state index is 0. The topological polar surface area (TPSA) is 63.2 Å². The Morgan fingerprint density at radius 2 is 1.33 bits per heavy atom. The molecule has 1 radical (unpaired) electrons. The summed E-state index contributed by atoms with van der Waals surface area (Å²) in [6.07, 6.45) is -2.33. The van der Waals surface area contributed by atoms with E-state index in [1.807, 2.05) is 0 Å². The van der Waals surface area contributed by atoms with E-state index in [4.69, 9.17) is 15.0 Å². The van der Waals surface area contributed by atoms with Crippen molar-refractivity contribution in [2.75, 3.05) is 0 Å². The van der Waals surface area contributed by atoms with Crippen LogP contribution < -0.4 is 10.2 Å². The fourth-order valence-electron chi connectivity index (χ4n) is 0. The van der Waals surface area contributed by atoms with E-state index in [0.717, 1.165) is 0 Å². The molecule has 0 spiro atoms. The molecule has 0 unspecified atom stereocenters. The van der Waals surface area contributed by atoms with Crippen LogP contribution in [0.2, 0.25) is 0 Å². The third-order valence-corrected chi connectivity index (χ3v) is 0. The van der Waals surface area contributed by atoms with Crippen LogP contribution in [-0.4, -0.2) is 23.5 Å². The maximum absolute atomic E-state index is 8.33. The number of hydrogen-bond acceptors (Lipinski definition) is 3. The monoisotopic (exact) mass is 149 g/mol. The number of rotatable bonds is 0. The Bertz CT molecular complexity index is 33.8. The van der Waals surface area contributed by atoms with Crippen LogP contribution in [0.5, 0.6) is 0 Å². The van der Waals surface area contributed by atoms with Gasteiger partial charge in [0.2, 0.25) is 0 Å². The van der Waals surface area contributed by atoms with Gasteiger partial charge in [0, 0.05) is 0 Å². The second-order valence-electron chi connectivity index (χ2n) is 0.250. The second kappa shape index (κ2) is 9.00. The molecule has 0 aromatic heterocycles. The first kappa shape index (κ1) is 16.2. The molecule has 0 amide bonds. The van der Waals surface area contributed by atoms with Crippen LogP contribution in [0.4, 0.5) is 4.79 Å². The SMILES string of the molecule is O=C([O-])[O-].[AlH3].[Co+2]. The van der Waals surface area contributed by atoms with Gasteiger partial charge in [0.1, 0.15) is 0 Å². The first-order valence-electron chi connectivity index (χ1n) is 0.612. The quantitative estimate of drug-likeness (QED) is 0.334. The second-order valence-corrected chi connectivity index (χ2v) is 0.250. The molecule has 0 aromatic carbocycles. The molecule has 6 heavy (non-hydrogen) atoms. The molecule has 0 aromatic rings. The first-order chi connectivity index (χ1) is 1.73. The minimum atomic E-state index is -2.33. The van der Waals surface area contributed by atoms with Crippen molar-refractivity contribution in [1.82, 2.24) is 0 Å². The Kier molecular flexibility index (Phi) is 24.4. The summed E-state index contributed by atoms with van der Waals surface area (Å²) in [7, 11) is 0. The fourth-order valence-corrected chi connectivity index (χ4v) is 0. The van der Waals surface area contributed by atoms with Crippen molar-refractivity contribution in [2.45, 2.75) is 0 Å². The van der Waals surface area contributed by atoms with Crippen LogP contribution in [-0.2, 0) is 16.8 Å². The van der Waals surface area contributed by atoms with Crippen LogP contribution in [0.25, 0.3) is 0 Å². The largest absolute Gasteiger partial charge is 2.00 e. The fraction of sp³-hybridized carbons (Fsp3) is 0. The average Bonchev–Trinajstić information content (AvgIpc) is 0.811. The van der Waals surface area contributed by atoms with Crippen molar-refractivity contribution in [3.63, 3.8) is 0 Å². The van der Waals surface area contributed by atoms with Crippen molar-refractivity contribution >= 4 is 23.5 Å². The van der Waals surface area contributed by atoms with E-state index in [-0.39, 0.29) is 34.1 Å². The van der Waals surface area contributed by atoms with Gasteiger partial charge < -0.3 is 15.0 Å². The van der Waals surface area contributed by atoms with Gasteiger partial charge in [-0.1, -0.05) is 0 Å². The summed E-state index contributed by atoms with van der Waals surface area (Å²) in [5.41, 5.74) is 0. The van der Waals surface area contributed by atoms with Crippen molar-refractivity contribution in [1.29, 1.82) is 0 Å². The minimum Gasteiger partial charge on any atom is -0.652 e. The van der Waals surface area contributed by atoms with Crippen LogP contribution in [0.3, 0.4) is 0 Å². The number of carbonyl (C=O) groups is 1. The zero-order valence-corrected chi connectivity index (χ0v) is 3.10. The van der Waals surface area contributed by atoms with Gasteiger partial charge in [0.05, 0.1) is 0 Å². The van der Waals surface area contributed by atoms with Crippen LogP contribution in [0.15, 0.2) is 0 Å². The molecule has 0 rings (SSSR count). The Morgan fingerprint density at radius 1 is 1.33 bits per heavy atom. The Labute approximate surface area is 55.7 Å². The maximum Gasteiger partial charge on any atom is 2.00 e. The molecule has 0 heterocycles. The van der Waals surface area contributed by atoms with E-state index in [0.29, 0.717) is 0 Å². The van der Waals surface area contributed by atoms with Gasteiger partial charge in [-0.25, -0.2) is 0 Å². The van der Waals surface area contributed by atoms with Crippen LogP contribution in [0.1, 0.15) is 0 Å². The first-order valence-corrected chi connectivity index (χ1v) is 0.612. The summed E-state index contributed by atoms with van der Waals surface area (Å²) in [6, 6.07) is 0. The summed E-state index contributed by atoms with van der Waals surface area (Å²) in [4.78, 5) is 8.33. The normalized spacial score (nSPS) is 4.00. The number of carbonyl (C=O) groups excluding carboxylic acids is 1. The molecule has 5 heteroatoms. The number of carboxylic acid groups (broad SMARTS) is 2. The van der Waals surface area contributed by atoms with Crippen LogP contribution >= 0.6 is 0 Å². The van der Waals surface area contributed by atoms with Gasteiger partial charge in [-0.2, -0.15) is 0 Å². The zero-order valence-electron chi connectivity index (χ0n) is 2.06. The molecule has 0 aliphatic heterocycles. The Hall–Kier alpha value is 0.309. The van der Waals surface area contributed by atoms with Crippen molar-refractivity contribution in [2.24, 2.45) is 0 Å². The molecule has 0 aliphatic rings. The molecule has 0 N–H and O–H groups in total. The van der Waals surface area contributed by atoms with E-state index in [9.17, 15) is 0 Å². The van der Waals surface area contributed by atoms with Gasteiger partial charge in [-0.05, 0) is 6.16 Å². The summed E-state index contributed by atoms with van der Waals surface area (Å²) >= 11 is 0. The van der Waals surface area contributed by atoms with Crippen LogP contribution in [0, 0.1) is 0 Å². The molecule has 0 fully saturated rings. The van der Waals surface area contributed by atoms with Crippen molar-refractivity contribution in [3.05, 3.63) is 0 Å². The van der Waals surface area contributed by atoms with E-state index in [1.165, 1.54) is 0 Å². The van der Waals surface area contributed by atoms with Gasteiger partial charge in [-0.15, -0.1) is 0 Å². The third kappa shape index (κ3) is 494. The molecule has 3 nitrogen and oxygen atoms in total. The molecule has 0 aliphatic carbocycles. The molecule has 0 bridgehead atoms. The smallest absolute Gasteiger partial charge is 0.652 e. The average molecular weight is 149 g/mol. The maximum atomic E-state index is 8.33. The van der Waals surface area contributed by atoms with Gasteiger partial charge >= 0.3 is 16.8 Å². The van der Waals surface area contributed by atoms with E-state index in [2.05, 4.69) is 0 Å². The molecule has 0 saturated carbocycles. The summed E-state index contributed by atoms with van der Waals surface area (Å²) in [5, 5.41) is 16.7. The van der Waals surface area contributed by atoms with Crippen molar-refractivity contribution < 1.29 is 31.8 Å². The Morgan fingerprint density at radius 3 is 1.33 bits per heavy atom. The molecular formula is CH3AlCoO3. The number of hydrogen-bond donors (Lipinski definition) is 0. The van der Waals surface area contributed by atoms with E-state index >= 15 is 0 Å². The van der Waals surface area contributed by atoms with Gasteiger partial charge in [-0.3, -0.25) is 0 Å². The molecule has 0 atom stereocenters. The van der Waals surface area contributed by atoms with E-state index in [1.54, 1.807) is 0 Å². The molecular weight excluding hydrogens is 146 g/mol. The summed E-state index contributed by atoms with van der Waals surface area (Å²) < 4.78 is 0. The van der Waals surface area contributed by atoms with Gasteiger partial charge in [0.25, 0.3) is 0 Å². The standard InChI is InChI=1S/CH2O3.Al.Co.3H/c2-1(3)4;;;;;/h(H2,2,3,4);;;;;/q;;+2;;;/p-2. The summed E-state index contributed by atoms with van der Waals surface area (Å²) in [6.45, 7) is 0. The molecule has 0 saturated heterocycles. The Balaban J connectivity index is -0.0000000450. The van der Waals surface area contributed by atoms with Crippen molar-refractivity contribution in [3.8, 4) is 0 Å². The van der Waals surface area contributed by atoms with E-state index < -0.39 is 6.16 Å². The molecule has 37 valence electrons. The predicted octanol–water partition coefficient (Wildman–Crippen LogP) is -3.63. The summed E-state index contributed by atoms with van der Waals surface area (Å²) in [5.74, 6) is 0. The zero-order chi connectivity index (χ0) is 3.58.